The Morgan fingerprint density at radius 3 is 1.55 bits per heavy atom. The Bertz CT molecular complexity index is 861. The van der Waals surface area contributed by atoms with Gasteiger partial charge in [-0.2, -0.15) is 0 Å². The summed E-state index contributed by atoms with van der Waals surface area (Å²) in [6.07, 6.45) is 7.88. The second kappa shape index (κ2) is 13.3. The molecule has 0 aliphatic carbocycles. The third kappa shape index (κ3) is 6.04. The molecule has 3 aromatic rings. The molecule has 3 rings (SSSR count). The summed E-state index contributed by atoms with van der Waals surface area (Å²) < 4.78 is 25.0. The number of halogens is 2. The highest BCUT2D eigenvalue weighted by atomic mass is 19.1. The van der Waals surface area contributed by atoms with Crippen molar-refractivity contribution in [1.29, 1.82) is 0 Å². The highest BCUT2D eigenvalue weighted by molar-refractivity contribution is 5.87. The van der Waals surface area contributed by atoms with Crippen LogP contribution >= 0.6 is 0 Å². The van der Waals surface area contributed by atoms with E-state index in [0.717, 1.165) is 33.6 Å². The lowest BCUT2D eigenvalue weighted by Crippen LogP contribution is -2.17. The van der Waals surface area contributed by atoms with Crippen molar-refractivity contribution >= 4 is 0 Å². The highest BCUT2D eigenvalue weighted by Crippen LogP contribution is 2.40. The number of terminal acetylenes is 1. The number of hydrogen-bond acceptors (Lipinski definition) is 1. The quantitative estimate of drug-likeness (QED) is 0.477. The van der Waals surface area contributed by atoms with Gasteiger partial charge in [0.1, 0.15) is 5.82 Å². The first-order valence-corrected chi connectivity index (χ1v) is 9.50. The molecular formula is C25H32F2N2. The lowest BCUT2D eigenvalue weighted by Gasteiger charge is -2.13. The van der Waals surface area contributed by atoms with Crippen LogP contribution in [0.4, 0.5) is 8.78 Å². The molecule has 1 unspecified atom stereocenters. The number of rotatable bonds is 3. The highest BCUT2D eigenvalue weighted by Gasteiger charge is 2.21. The van der Waals surface area contributed by atoms with Gasteiger partial charge in [0.05, 0.1) is 13.3 Å². The van der Waals surface area contributed by atoms with Crippen molar-refractivity contribution in [3.05, 3.63) is 71.8 Å². The molecule has 2 nitrogen and oxygen atoms in total. The molecule has 0 saturated heterocycles. The van der Waals surface area contributed by atoms with Gasteiger partial charge in [0, 0.05) is 22.5 Å². The van der Waals surface area contributed by atoms with Gasteiger partial charge in [-0.15, -0.1) is 12.8 Å². The summed E-state index contributed by atoms with van der Waals surface area (Å²) in [5.74, 6) is -0.226. The average Bonchev–Trinajstić information content (AvgIpc) is 3.04. The van der Waals surface area contributed by atoms with Crippen molar-refractivity contribution in [3.8, 4) is 35.1 Å². The van der Waals surface area contributed by atoms with Crippen LogP contribution in [0.25, 0.3) is 22.3 Å². The maximum atomic E-state index is 13.3. The smallest absolute Gasteiger partial charge is 0.123 e. The van der Waals surface area contributed by atoms with E-state index in [9.17, 15) is 8.78 Å². The molecule has 0 fully saturated rings. The molecular weight excluding hydrogens is 366 g/mol. The van der Waals surface area contributed by atoms with E-state index >= 15 is 0 Å². The zero-order valence-corrected chi connectivity index (χ0v) is 18.2. The average molecular weight is 399 g/mol. The van der Waals surface area contributed by atoms with E-state index in [0.29, 0.717) is 7.18 Å². The molecule has 1 atom stereocenters. The summed E-state index contributed by atoms with van der Waals surface area (Å²) in [4.78, 5) is 0. The lowest BCUT2D eigenvalue weighted by atomic mass is 9.95. The van der Waals surface area contributed by atoms with Gasteiger partial charge in [0.2, 0.25) is 0 Å². The van der Waals surface area contributed by atoms with Crippen molar-refractivity contribution in [3.63, 3.8) is 0 Å². The predicted octanol–water partition coefficient (Wildman–Crippen LogP) is 6.92. The molecule has 29 heavy (non-hydrogen) atoms. The number of alkyl halides is 1. The van der Waals surface area contributed by atoms with E-state index in [1.165, 1.54) is 12.1 Å². The first-order chi connectivity index (χ1) is 14.0. The fourth-order valence-electron chi connectivity index (χ4n) is 3.39. The third-order valence-electron chi connectivity index (χ3n) is 4.30. The van der Waals surface area contributed by atoms with Crippen LogP contribution in [-0.2, 0) is 0 Å². The van der Waals surface area contributed by atoms with E-state index in [2.05, 4.69) is 43.4 Å². The predicted molar refractivity (Wildman–Crippen MR) is 122 cm³/mol. The van der Waals surface area contributed by atoms with E-state index in [-0.39, 0.29) is 12.0 Å². The Morgan fingerprint density at radius 2 is 1.17 bits per heavy atom. The van der Waals surface area contributed by atoms with Gasteiger partial charge in [-0.1, -0.05) is 56.3 Å². The monoisotopic (exact) mass is 398 g/mol. The molecule has 1 aromatic heterocycles. The van der Waals surface area contributed by atoms with Gasteiger partial charge in [0.15, 0.2) is 0 Å². The van der Waals surface area contributed by atoms with Gasteiger partial charge in [-0.05, 0) is 44.0 Å². The third-order valence-corrected chi connectivity index (χ3v) is 4.30. The second-order valence-electron chi connectivity index (χ2n) is 5.90. The second-order valence-corrected chi connectivity index (χ2v) is 5.90. The standard InChI is InChI=1S/C20H21FN2.C2H6.C2H2.CH3F/c1-13-19(16-7-5-4-6-8-16)20(14(2)23(13)15(3)22)17-9-11-18(21)12-10-17;3*1-2/h4-12,15H,22H2,1-3H3;1-2H3;1-2H;1H3. The molecule has 0 spiro atoms. The molecule has 0 aliphatic heterocycles. The van der Waals surface area contributed by atoms with Gasteiger partial charge in [-0.3, -0.25) is 4.39 Å². The zero-order chi connectivity index (χ0) is 22.6. The normalized spacial score (nSPS) is 10.3. The minimum absolute atomic E-state index is 0.119. The molecule has 0 amide bonds. The molecule has 4 heteroatoms. The van der Waals surface area contributed by atoms with E-state index in [1.807, 2.05) is 51.1 Å². The summed E-state index contributed by atoms with van der Waals surface area (Å²) in [6.45, 7) is 10.1. The Morgan fingerprint density at radius 1 is 0.793 bits per heavy atom. The molecule has 0 bridgehead atoms. The van der Waals surface area contributed by atoms with Crippen LogP contribution < -0.4 is 5.73 Å². The number of nitrogens with zero attached hydrogens (tertiary/aromatic N) is 1. The Hall–Kier alpha value is -2.90. The Kier molecular flexibility index (Phi) is 12.0. The van der Waals surface area contributed by atoms with Gasteiger partial charge < -0.3 is 10.3 Å². The fourth-order valence-corrected chi connectivity index (χ4v) is 3.39. The molecule has 0 saturated carbocycles. The van der Waals surface area contributed by atoms with Gasteiger partial charge in [0.25, 0.3) is 0 Å². The zero-order valence-electron chi connectivity index (χ0n) is 18.2. The molecule has 2 N–H and O–H groups in total. The first-order valence-electron chi connectivity index (χ1n) is 9.50. The van der Waals surface area contributed by atoms with Crippen LogP contribution in [0, 0.1) is 32.5 Å². The summed E-state index contributed by atoms with van der Waals surface area (Å²) >= 11 is 0. The molecule has 0 aliphatic rings. The number of benzene rings is 2. The largest absolute Gasteiger partial charge is 0.333 e. The first kappa shape index (κ1) is 26.1. The number of hydrogen-bond donors (Lipinski definition) is 1. The van der Waals surface area contributed by atoms with Gasteiger partial charge in [-0.25, -0.2) is 4.39 Å². The van der Waals surface area contributed by atoms with Crippen LogP contribution in [0.1, 0.15) is 38.3 Å². The minimum atomic E-state index is -0.226. The minimum Gasteiger partial charge on any atom is -0.333 e. The molecule has 0 radical (unpaired) electrons. The maximum absolute atomic E-state index is 13.3. The van der Waals surface area contributed by atoms with Gasteiger partial charge >= 0.3 is 0 Å². The lowest BCUT2D eigenvalue weighted by molar-refractivity contribution is 0.549. The van der Waals surface area contributed by atoms with Crippen LogP contribution in [0.5, 0.6) is 0 Å². The topological polar surface area (TPSA) is 30.9 Å². The van der Waals surface area contributed by atoms with Crippen LogP contribution in [0.3, 0.4) is 0 Å². The van der Waals surface area contributed by atoms with Crippen molar-refractivity contribution in [2.75, 3.05) is 7.18 Å². The van der Waals surface area contributed by atoms with Crippen molar-refractivity contribution in [2.24, 2.45) is 5.73 Å². The van der Waals surface area contributed by atoms with Crippen LogP contribution in [-0.4, -0.2) is 11.7 Å². The summed E-state index contributed by atoms with van der Waals surface area (Å²) in [6, 6.07) is 16.9. The fraction of sp³-hybridized carbons (Fsp3) is 0.280. The summed E-state index contributed by atoms with van der Waals surface area (Å²) in [7, 11) is 0.500. The van der Waals surface area contributed by atoms with Crippen LogP contribution in [0.15, 0.2) is 54.6 Å². The SMILES string of the molecule is C#C.CC.CF.Cc1c(-c2ccccc2)c(-c2ccc(F)cc2)c(C)n1C(C)N. The Labute approximate surface area is 174 Å². The van der Waals surface area contributed by atoms with E-state index < -0.39 is 0 Å². The molecule has 156 valence electrons. The van der Waals surface area contributed by atoms with E-state index in [4.69, 9.17) is 5.73 Å². The van der Waals surface area contributed by atoms with Crippen molar-refractivity contribution < 1.29 is 8.78 Å². The molecule has 2 aromatic carbocycles. The Balaban J connectivity index is 0.00000120. The summed E-state index contributed by atoms with van der Waals surface area (Å²) in [5.41, 5.74) is 12.8. The van der Waals surface area contributed by atoms with E-state index in [1.54, 1.807) is 0 Å². The van der Waals surface area contributed by atoms with Crippen LogP contribution in [0.2, 0.25) is 0 Å². The maximum Gasteiger partial charge on any atom is 0.123 e. The number of aromatic nitrogens is 1. The number of nitrogens with two attached hydrogens (primary N) is 1. The summed E-state index contributed by atoms with van der Waals surface area (Å²) in [5, 5.41) is 0. The van der Waals surface area contributed by atoms with Crippen molar-refractivity contribution in [1.82, 2.24) is 4.57 Å². The van der Waals surface area contributed by atoms with Crippen molar-refractivity contribution in [2.45, 2.75) is 40.8 Å². The molecule has 1 heterocycles.